The van der Waals surface area contributed by atoms with E-state index in [2.05, 4.69) is 93.8 Å². The molecule has 0 amide bonds. The van der Waals surface area contributed by atoms with Crippen molar-refractivity contribution in [3.8, 4) is 11.5 Å². The van der Waals surface area contributed by atoms with Crippen molar-refractivity contribution in [2.75, 3.05) is 6.54 Å². The highest BCUT2D eigenvalue weighted by Crippen LogP contribution is 2.46. The lowest BCUT2D eigenvalue weighted by Crippen LogP contribution is -2.51. The molecule has 0 radical (unpaired) electrons. The molecule has 4 nitrogen and oxygen atoms in total. The molecule has 1 aliphatic rings. The zero-order valence-electron chi connectivity index (χ0n) is 43.7. The van der Waals surface area contributed by atoms with Gasteiger partial charge in [-0.25, -0.2) is 0 Å². The highest BCUT2D eigenvalue weighted by molar-refractivity contribution is 7.80. The van der Waals surface area contributed by atoms with Crippen LogP contribution in [0.15, 0.2) is 48.5 Å². The number of nitrogens with one attached hydrogen (secondary N) is 2. The molecule has 0 heterocycles. The number of ether oxygens (including phenoxy) is 2. The summed E-state index contributed by atoms with van der Waals surface area (Å²) in [5.41, 5.74) is 2.67. The van der Waals surface area contributed by atoms with Gasteiger partial charge in [0, 0.05) is 12.6 Å². The van der Waals surface area contributed by atoms with E-state index >= 15 is 0 Å². The third-order valence-corrected chi connectivity index (χ3v) is 14.8. The summed E-state index contributed by atoms with van der Waals surface area (Å²) >= 11 is 11.7. The van der Waals surface area contributed by atoms with Crippen LogP contribution in [0.2, 0.25) is 0 Å². The van der Waals surface area contributed by atoms with Gasteiger partial charge >= 0.3 is 0 Å². The van der Waals surface area contributed by atoms with E-state index in [0.29, 0.717) is 10.3 Å². The molecule has 1 fully saturated rings. The Morgan fingerprint density at radius 3 is 1.18 bits per heavy atom. The fourth-order valence-electron chi connectivity index (χ4n) is 10.9. The van der Waals surface area contributed by atoms with Gasteiger partial charge in [-0.15, -0.1) is 0 Å². The molecule has 1 saturated carbocycles. The molecule has 2 N–H and O–H groups in total. The Morgan fingerprint density at radius 1 is 0.470 bits per heavy atom. The summed E-state index contributed by atoms with van der Waals surface area (Å²) in [6.45, 7) is 12.5. The van der Waals surface area contributed by atoms with Gasteiger partial charge in [0.2, 0.25) is 0 Å². The van der Waals surface area contributed by atoms with Crippen LogP contribution in [0, 0.1) is 10.8 Å². The van der Waals surface area contributed by atoms with E-state index < -0.39 is 0 Å². The van der Waals surface area contributed by atoms with E-state index in [1.54, 1.807) is 0 Å². The van der Waals surface area contributed by atoms with Crippen molar-refractivity contribution in [2.24, 2.45) is 10.8 Å². The fourth-order valence-corrected chi connectivity index (χ4v) is 11.4. The first-order valence-corrected chi connectivity index (χ1v) is 29.0. The van der Waals surface area contributed by atoms with Gasteiger partial charge in [0.1, 0.15) is 11.5 Å². The molecule has 0 aliphatic heterocycles. The van der Waals surface area contributed by atoms with Crippen molar-refractivity contribution in [3.63, 3.8) is 0 Å². The number of rotatable bonds is 39. The molecule has 2 aromatic carbocycles. The minimum atomic E-state index is 0.0145. The Morgan fingerprint density at radius 2 is 0.803 bits per heavy atom. The van der Waals surface area contributed by atoms with E-state index in [4.69, 9.17) is 33.9 Å². The van der Waals surface area contributed by atoms with Gasteiger partial charge in [-0.05, 0) is 103 Å². The average molecular weight is 948 g/mol. The molecule has 2 atom stereocenters. The van der Waals surface area contributed by atoms with Crippen LogP contribution in [-0.2, 0) is 12.8 Å². The molecule has 0 saturated heterocycles. The van der Waals surface area contributed by atoms with Crippen LogP contribution < -0.4 is 20.1 Å². The average Bonchev–Trinajstić information content (AvgIpc) is 3.28. The molecular formula is C60H102N2O2S2. The fraction of sp³-hybridized carbons (Fsp3) is 0.767. The molecule has 2 aromatic rings. The van der Waals surface area contributed by atoms with Crippen molar-refractivity contribution in [1.82, 2.24) is 10.6 Å². The van der Waals surface area contributed by atoms with Crippen LogP contribution in [0.1, 0.15) is 270 Å². The lowest BCUT2D eigenvalue weighted by atomic mass is 9.62. The van der Waals surface area contributed by atoms with Gasteiger partial charge in [-0.3, -0.25) is 0 Å². The third kappa shape index (κ3) is 28.3. The molecule has 66 heavy (non-hydrogen) atoms. The van der Waals surface area contributed by atoms with Crippen LogP contribution in [0.4, 0.5) is 0 Å². The van der Waals surface area contributed by atoms with Crippen molar-refractivity contribution >= 4 is 34.8 Å². The van der Waals surface area contributed by atoms with E-state index in [1.807, 2.05) is 0 Å². The summed E-state index contributed by atoms with van der Waals surface area (Å²) in [6.07, 6.45) is 49.6. The second-order valence-electron chi connectivity index (χ2n) is 21.9. The van der Waals surface area contributed by atoms with Gasteiger partial charge in [0.05, 0.1) is 0 Å². The molecule has 2 unspecified atom stereocenters. The standard InChI is InChI=1S/C60H102N2O2S2/c1-6-8-10-12-14-16-18-20-22-24-26-28-30-32-34-36-42-52-44-38-40-46-55(52)63-57(65)61-51-60(5)49-54(48-59(3,4)50-60)62-58(66)64-56-47-41-39-45-53(56)43-37-35-33-31-29-27-25-23-21-19-17-15-13-11-9-7-2/h38-41,44-47,54H,6-37,42-43,48-51H2,1-5H3,(H,61,65)(H,62,66). The second kappa shape index (κ2) is 36.8. The van der Waals surface area contributed by atoms with Crippen LogP contribution in [0.3, 0.4) is 0 Å². The number of benzene rings is 2. The monoisotopic (exact) mass is 947 g/mol. The predicted octanol–water partition coefficient (Wildman–Crippen LogP) is 19.1. The quantitative estimate of drug-likeness (QED) is 0.0514. The zero-order valence-corrected chi connectivity index (χ0v) is 45.3. The number of hydrogen-bond acceptors (Lipinski definition) is 4. The molecule has 3 rings (SSSR count). The van der Waals surface area contributed by atoms with Gasteiger partial charge in [0.15, 0.2) is 0 Å². The van der Waals surface area contributed by atoms with Crippen molar-refractivity contribution in [3.05, 3.63) is 59.7 Å². The lowest BCUT2D eigenvalue weighted by Gasteiger charge is -2.47. The summed E-state index contributed by atoms with van der Waals surface area (Å²) in [5, 5.41) is 8.10. The Bertz CT molecular complexity index is 1530. The number of para-hydroxylation sites is 2. The highest BCUT2D eigenvalue weighted by Gasteiger charge is 2.41. The van der Waals surface area contributed by atoms with Crippen LogP contribution in [-0.4, -0.2) is 22.9 Å². The van der Waals surface area contributed by atoms with Gasteiger partial charge in [-0.1, -0.05) is 264 Å². The number of thiocarbonyl (C=S) groups is 2. The largest absolute Gasteiger partial charge is 0.432 e. The third-order valence-electron chi connectivity index (χ3n) is 14.4. The lowest BCUT2D eigenvalue weighted by molar-refractivity contribution is 0.0787. The molecule has 0 bridgehead atoms. The first-order chi connectivity index (χ1) is 32.1. The minimum absolute atomic E-state index is 0.0145. The maximum absolute atomic E-state index is 6.39. The molecule has 6 heteroatoms. The maximum Gasteiger partial charge on any atom is 0.262 e. The summed E-state index contributed by atoms with van der Waals surface area (Å²) in [6, 6.07) is 17.1. The maximum atomic E-state index is 6.39. The van der Waals surface area contributed by atoms with E-state index in [9.17, 15) is 0 Å². The van der Waals surface area contributed by atoms with E-state index in [1.165, 1.54) is 217 Å². The van der Waals surface area contributed by atoms with Gasteiger partial charge in [0.25, 0.3) is 10.3 Å². The Hall–Kier alpha value is -2.18. The number of aryl methyl sites for hydroxylation is 2. The molecule has 0 spiro atoms. The van der Waals surface area contributed by atoms with Crippen molar-refractivity contribution < 1.29 is 9.47 Å². The Kier molecular flexibility index (Phi) is 32.4. The SMILES string of the molecule is CCCCCCCCCCCCCCCCCCc1ccccc1OC(=S)NCC1(C)CC(NC(=S)Oc2ccccc2CCCCCCCCCCCCCCCCCC)CC(C)(C)C1. The van der Waals surface area contributed by atoms with Gasteiger partial charge < -0.3 is 20.1 Å². The molecular weight excluding hydrogens is 845 g/mol. The molecule has 376 valence electrons. The Balaban J connectivity index is 1.29. The van der Waals surface area contributed by atoms with E-state index in [-0.39, 0.29) is 16.9 Å². The summed E-state index contributed by atoms with van der Waals surface area (Å²) in [4.78, 5) is 0. The second-order valence-corrected chi connectivity index (χ2v) is 22.6. The first kappa shape index (κ1) is 58.1. The Labute approximate surface area is 419 Å². The van der Waals surface area contributed by atoms with E-state index in [0.717, 1.165) is 50.1 Å². The van der Waals surface area contributed by atoms with Crippen molar-refractivity contribution in [2.45, 2.75) is 278 Å². The zero-order chi connectivity index (χ0) is 47.4. The smallest absolute Gasteiger partial charge is 0.262 e. The summed E-state index contributed by atoms with van der Waals surface area (Å²) in [7, 11) is 0. The minimum Gasteiger partial charge on any atom is -0.432 e. The van der Waals surface area contributed by atoms with Crippen LogP contribution in [0.25, 0.3) is 0 Å². The van der Waals surface area contributed by atoms with Crippen molar-refractivity contribution in [1.29, 1.82) is 0 Å². The van der Waals surface area contributed by atoms with Crippen LogP contribution in [0.5, 0.6) is 11.5 Å². The predicted molar refractivity (Wildman–Crippen MR) is 297 cm³/mol. The summed E-state index contributed by atoms with van der Waals surface area (Å²) in [5.74, 6) is 1.79. The topological polar surface area (TPSA) is 42.5 Å². The number of hydrogen-bond donors (Lipinski definition) is 2. The summed E-state index contributed by atoms with van der Waals surface area (Å²) < 4.78 is 12.7. The molecule has 1 aliphatic carbocycles. The van der Waals surface area contributed by atoms with Crippen LogP contribution >= 0.6 is 24.4 Å². The first-order valence-electron chi connectivity index (χ1n) is 28.2. The highest BCUT2D eigenvalue weighted by atomic mass is 32.1. The molecule has 0 aromatic heterocycles. The number of unbranched alkanes of at least 4 members (excludes halogenated alkanes) is 30. The van der Waals surface area contributed by atoms with Gasteiger partial charge in [-0.2, -0.15) is 0 Å². The normalized spacial score (nSPS) is 16.8.